The number of benzene rings is 2. The molecule has 0 saturated carbocycles. The van der Waals surface area contributed by atoms with Crippen LogP contribution < -0.4 is 14.8 Å². The van der Waals surface area contributed by atoms with Crippen molar-refractivity contribution in [1.29, 1.82) is 0 Å². The standard InChI is InChI=1S/C18H20ClNO3/c1-18(2,12-9-10-15(22-3)16(11-12)23-4)20-17(21)13-7-5-6-8-14(13)19/h5-11H,1-4H3,(H,20,21). The van der Waals surface area contributed by atoms with E-state index in [1.165, 1.54) is 0 Å². The number of carbonyl (C=O) groups excluding carboxylic acids is 1. The minimum Gasteiger partial charge on any atom is -0.493 e. The zero-order valence-corrected chi connectivity index (χ0v) is 14.4. The Morgan fingerprint density at radius 2 is 1.70 bits per heavy atom. The average molecular weight is 334 g/mol. The van der Waals surface area contributed by atoms with E-state index in [1.54, 1.807) is 38.5 Å². The van der Waals surface area contributed by atoms with Gasteiger partial charge in [0.15, 0.2) is 11.5 Å². The maximum absolute atomic E-state index is 12.5. The van der Waals surface area contributed by atoms with Crippen molar-refractivity contribution in [3.8, 4) is 11.5 Å². The molecule has 5 heteroatoms. The first-order valence-electron chi connectivity index (χ1n) is 7.18. The van der Waals surface area contributed by atoms with Crippen LogP contribution in [0.5, 0.6) is 11.5 Å². The van der Waals surface area contributed by atoms with Crippen LogP contribution in [0.15, 0.2) is 42.5 Å². The van der Waals surface area contributed by atoms with Crippen LogP contribution >= 0.6 is 11.6 Å². The first kappa shape index (κ1) is 17.2. The molecule has 0 radical (unpaired) electrons. The van der Waals surface area contributed by atoms with Crippen molar-refractivity contribution in [3.05, 3.63) is 58.6 Å². The Labute approximate surface area is 141 Å². The Bertz CT molecular complexity index is 713. The smallest absolute Gasteiger partial charge is 0.253 e. The van der Waals surface area contributed by atoms with Gasteiger partial charge < -0.3 is 14.8 Å². The van der Waals surface area contributed by atoms with Crippen LogP contribution in [0.2, 0.25) is 5.02 Å². The van der Waals surface area contributed by atoms with E-state index in [4.69, 9.17) is 21.1 Å². The van der Waals surface area contributed by atoms with Gasteiger partial charge in [-0.25, -0.2) is 0 Å². The summed E-state index contributed by atoms with van der Waals surface area (Å²) in [6, 6.07) is 12.5. The van der Waals surface area contributed by atoms with E-state index < -0.39 is 5.54 Å². The molecule has 0 heterocycles. The van der Waals surface area contributed by atoms with Crippen LogP contribution in [0.1, 0.15) is 29.8 Å². The van der Waals surface area contributed by atoms with Crippen molar-refractivity contribution in [1.82, 2.24) is 5.32 Å². The number of hydrogen-bond donors (Lipinski definition) is 1. The van der Waals surface area contributed by atoms with Crippen molar-refractivity contribution in [3.63, 3.8) is 0 Å². The molecule has 0 aliphatic rings. The van der Waals surface area contributed by atoms with Crippen molar-refractivity contribution in [2.45, 2.75) is 19.4 Å². The zero-order chi connectivity index (χ0) is 17.0. The van der Waals surface area contributed by atoms with Crippen molar-refractivity contribution < 1.29 is 14.3 Å². The van der Waals surface area contributed by atoms with Gasteiger partial charge in [-0.05, 0) is 43.7 Å². The zero-order valence-electron chi connectivity index (χ0n) is 13.6. The number of hydrogen-bond acceptors (Lipinski definition) is 3. The Morgan fingerprint density at radius 3 is 2.30 bits per heavy atom. The lowest BCUT2D eigenvalue weighted by Crippen LogP contribution is -2.41. The summed E-state index contributed by atoms with van der Waals surface area (Å²) in [6.07, 6.45) is 0. The second-order valence-electron chi connectivity index (χ2n) is 5.63. The molecule has 0 aromatic heterocycles. The minimum atomic E-state index is -0.601. The fourth-order valence-corrected chi connectivity index (χ4v) is 2.52. The number of nitrogens with one attached hydrogen (secondary N) is 1. The van der Waals surface area contributed by atoms with Crippen LogP contribution in [0, 0.1) is 0 Å². The maximum atomic E-state index is 12.5. The summed E-state index contributed by atoms with van der Waals surface area (Å²) in [6.45, 7) is 3.84. The molecule has 0 fully saturated rings. The monoisotopic (exact) mass is 333 g/mol. The number of methoxy groups -OCH3 is 2. The third-order valence-electron chi connectivity index (χ3n) is 3.65. The van der Waals surface area contributed by atoms with Crippen molar-refractivity contribution in [2.24, 2.45) is 0 Å². The molecule has 1 N–H and O–H groups in total. The highest BCUT2D eigenvalue weighted by Crippen LogP contribution is 2.32. The lowest BCUT2D eigenvalue weighted by Gasteiger charge is -2.28. The number of rotatable bonds is 5. The predicted octanol–water partition coefficient (Wildman–Crippen LogP) is 4.02. The largest absolute Gasteiger partial charge is 0.493 e. The second-order valence-corrected chi connectivity index (χ2v) is 6.04. The Morgan fingerprint density at radius 1 is 1.04 bits per heavy atom. The summed E-state index contributed by atoms with van der Waals surface area (Å²) in [7, 11) is 3.17. The molecule has 122 valence electrons. The third-order valence-corrected chi connectivity index (χ3v) is 3.98. The summed E-state index contributed by atoms with van der Waals surface area (Å²) in [5.41, 5.74) is 0.744. The van der Waals surface area contributed by atoms with Crippen LogP contribution in [0.4, 0.5) is 0 Å². The van der Waals surface area contributed by atoms with Gasteiger partial charge in [-0.15, -0.1) is 0 Å². The highest BCUT2D eigenvalue weighted by atomic mass is 35.5. The van der Waals surface area contributed by atoms with Crippen LogP contribution in [-0.2, 0) is 5.54 Å². The van der Waals surface area contributed by atoms with Gasteiger partial charge in [-0.1, -0.05) is 29.8 Å². The van der Waals surface area contributed by atoms with Crippen LogP contribution in [0.25, 0.3) is 0 Å². The predicted molar refractivity (Wildman–Crippen MR) is 91.5 cm³/mol. The molecule has 2 rings (SSSR count). The van der Waals surface area contributed by atoms with Crippen molar-refractivity contribution in [2.75, 3.05) is 14.2 Å². The first-order valence-corrected chi connectivity index (χ1v) is 7.56. The molecule has 0 saturated heterocycles. The van der Waals surface area contributed by atoms with E-state index in [-0.39, 0.29) is 5.91 Å². The van der Waals surface area contributed by atoms with Gasteiger partial charge in [-0.2, -0.15) is 0 Å². The molecular formula is C18H20ClNO3. The van der Waals surface area contributed by atoms with Gasteiger partial charge in [0, 0.05) is 0 Å². The molecule has 0 atom stereocenters. The fourth-order valence-electron chi connectivity index (χ4n) is 2.29. The number of halogens is 1. The number of amides is 1. The molecule has 1 amide bonds. The third kappa shape index (κ3) is 3.77. The average Bonchev–Trinajstić information content (AvgIpc) is 2.54. The Balaban J connectivity index is 2.28. The Hall–Kier alpha value is -2.20. The molecule has 0 bridgehead atoms. The Kier molecular flexibility index (Phi) is 5.16. The molecule has 0 unspecified atom stereocenters. The summed E-state index contributed by atoms with van der Waals surface area (Å²) in [4.78, 5) is 12.5. The van der Waals surface area contributed by atoms with Gasteiger partial charge >= 0.3 is 0 Å². The molecule has 2 aromatic carbocycles. The lowest BCUT2D eigenvalue weighted by molar-refractivity contribution is 0.0912. The highest BCUT2D eigenvalue weighted by molar-refractivity contribution is 6.33. The molecule has 0 aliphatic heterocycles. The first-order chi connectivity index (χ1) is 10.9. The fraction of sp³-hybridized carbons (Fsp3) is 0.278. The van der Waals surface area contributed by atoms with Gasteiger partial charge in [-0.3, -0.25) is 4.79 Å². The van der Waals surface area contributed by atoms with Gasteiger partial charge in [0.25, 0.3) is 5.91 Å². The van der Waals surface area contributed by atoms with E-state index in [0.29, 0.717) is 22.1 Å². The van der Waals surface area contributed by atoms with Gasteiger partial charge in [0.1, 0.15) is 0 Å². The quantitative estimate of drug-likeness (QED) is 0.899. The lowest BCUT2D eigenvalue weighted by atomic mass is 9.93. The molecule has 4 nitrogen and oxygen atoms in total. The van der Waals surface area contributed by atoms with Gasteiger partial charge in [0.2, 0.25) is 0 Å². The number of carbonyl (C=O) groups is 1. The van der Waals surface area contributed by atoms with E-state index in [0.717, 1.165) is 5.56 Å². The van der Waals surface area contributed by atoms with Crippen molar-refractivity contribution >= 4 is 17.5 Å². The normalized spacial score (nSPS) is 11.0. The minimum absolute atomic E-state index is 0.226. The summed E-state index contributed by atoms with van der Waals surface area (Å²) in [5.74, 6) is 1.03. The second kappa shape index (κ2) is 6.92. The number of ether oxygens (including phenoxy) is 2. The van der Waals surface area contributed by atoms with E-state index in [9.17, 15) is 4.79 Å². The molecule has 2 aromatic rings. The maximum Gasteiger partial charge on any atom is 0.253 e. The van der Waals surface area contributed by atoms with E-state index in [1.807, 2.05) is 32.0 Å². The highest BCUT2D eigenvalue weighted by Gasteiger charge is 2.25. The topological polar surface area (TPSA) is 47.6 Å². The molecular weight excluding hydrogens is 314 g/mol. The van der Waals surface area contributed by atoms with Gasteiger partial charge in [0.05, 0.1) is 30.3 Å². The molecule has 0 aliphatic carbocycles. The van der Waals surface area contributed by atoms with Crippen LogP contribution in [-0.4, -0.2) is 20.1 Å². The molecule has 0 spiro atoms. The summed E-state index contributed by atoms with van der Waals surface area (Å²) >= 11 is 6.08. The summed E-state index contributed by atoms with van der Waals surface area (Å²) < 4.78 is 10.6. The SMILES string of the molecule is COc1ccc(C(C)(C)NC(=O)c2ccccc2Cl)cc1OC. The molecule has 23 heavy (non-hydrogen) atoms. The van der Waals surface area contributed by atoms with Crippen LogP contribution in [0.3, 0.4) is 0 Å². The summed E-state index contributed by atoms with van der Waals surface area (Å²) in [5, 5.41) is 3.42. The van der Waals surface area contributed by atoms with E-state index in [2.05, 4.69) is 5.32 Å². The van der Waals surface area contributed by atoms with E-state index >= 15 is 0 Å².